The molecule has 0 amide bonds. The van der Waals surface area contributed by atoms with Crippen molar-refractivity contribution in [2.75, 3.05) is 30.7 Å². The summed E-state index contributed by atoms with van der Waals surface area (Å²) in [6.07, 6.45) is 5.00. The van der Waals surface area contributed by atoms with Crippen LogP contribution in [0, 0.1) is 0 Å². The second kappa shape index (κ2) is 5.78. The number of nitrogens with zero attached hydrogens (tertiary/aromatic N) is 4. The smallest absolute Gasteiger partial charge is 0.323 e. The number of anilines is 2. The van der Waals surface area contributed by atoms with Crippen molar-refractivity contribution in [3.63, 3.8) is 0 Å². The summed E-state index contributed by atoms with van der Waals surface area (Å²) < 4.78 is 5.31. The molecule has 0 bridgehead atoms. The minimum Gasteiger partial charge on any atom is -0.464 e. The number of hydrogen-bond donors (Lipinski definition) is 2. The molecule has 2 aliphatic rings. The summed E-state index contributed by atoms with van der Waals surface area (Å²) in [7, 11) is 0. The number of piperidine rings is 1. The minimum atomic E-state index is 0.199. The van der Waals surface area contributed by atoms with E-state index in [1.165, 1.54) is 25.8 Å². The highest BCUT2D eigenvalue weighted by Crippen LogP contribution is 2.28. The van der Waals surface area contributed by atoms with Gasteiger partial charge in [-0.05, 0) is 32.7 Å². The molecule has 7 nitrogen and oxygen atoms in total. The van der Waals surface area contributed by atoms with Crippen molar-refractivity contribution < 1.29 is 4.74 Å². The molecule has 3 N–H and O–H groups in total. The lowest BCUT2D eigenvalue weighted by atomic mass is 9.99. The third kappa shape index (κ3) is 2.77. The monoisotopic (exact) mass is 278 g/mol. The molecule has 1 aromatic heterocycles. The van der Waals surface area contributed by atoms with Gasteiger partial charge in [0.05, 0.1) is 6.61 Å². The van der Waals surface area contributed by atoms with Gasteiger partial charge >= 0.3 is 6.01 Å². The highest BCUT2D eigenvalue weighted by Gasteiger charge is 2.35. The molecule has 2 atom stereocenters. The molecule has 0 aromatic carbocycles. The highest BCUT2D eigenvalue weighted by molar-refractivity contribution is 5.34. The molecule has 0 saturated carbocycles. The number of nitrogens with two attached hydrogens (primary N) is 1. The van der Waals surface area contributed by atoms with Crippen molar-refractivity contribution in [2.24, 2.45) is 0 Å². The first-order chi connectivity index (χ1) is 9.76. The van der Waals surface area contributed by atoms with Gasteiger partial charge in [0.1, 0.15) is 0 Å². The third-order valence-corrected chi connectivity index (χ3v) is 4.08. The summed E-state index contributed by atoms with van der Waals surface area (Å²) in [6.45, 7) is 4.78. The van der Waals surface area contributed by atoms with E-state index < -0.39 is 0 Å². The maximum atomic E-state index is 5.70. The number of aromatic nitrogens is 3. The van der Waals surface area contributed by atoms with E-state index in [0.29, 0.717) is 30.6 Å². The molecule has 7 heteroatoms. The molecule has 2 unspecified atom stereocenters. The lowest BCUT2D eigenvalue weighted by Gasteiger charge is -2.32. The van der Waals surface area contributed by atoms with E-state index in [4.69, 9.17) is 10.5 Å². The molecule has 0 radical (unpaired) electrons. The summed E-state index contributed by atoms with van der Waals surface area (Å²) in [5, 5.41) is 3.42. The van der Waals surface area contributed by atoms with E-state index in [1.807, 2.05) is 6.92 Å². The van der Waals surface area contributed by atoms with Crippen LogP contribution in [0.15, 0.2) is 0 Å². The van der Waals surface area contributed by atoms with Crippen LogP contribution < -0.4 is 15.8 Å². The van der Waals surface area contributed by atoms with Gasteiger partial charge in [0, 0.05) is 18.6 Å². The Balaban J connectivity index is 1.71. The second-order valence-electron chi connectivity index (χ2n) is 5.37. The quantitative estimate of drug-likeness (QED) is 0.845. The number of fused-ring (bicyclic) bond motifs is 1. The molecule has 2 aliphatic heterocycles. The van der Waals surface area contributed by atoms with Crippen LogP contribution in [0.2, 0.25) is 0 Å². The fourth-order valence-electron chi connectivity index (χ4n) is 3.21. The molecular weight excluding hydrogens is 256 g/mol. The van der Waals surface area contributed by atoms with E-state index in [-0.39, 0.29) is 5.95 Å². The zero-order valence-electron chi connectivity index (χ0n) is 11.9. The summed E-state index contributed by atoms with van der Waals surface area (Å²) in [4.78, 5) is 15.0. The average molecular weight is 278 g/mol. The van der Waals surface area contributed by atoms with E-state index in [2.05, 4.69) is 25.2 Å². The van der Waals surface area contributed by atoms with Crippen molar-refractivity contribution in [1.29, 1.82) is 0 Å². The maximum absolute atomic E-state index is 5.70. The van der Waals surface area contributed by atoms with Crippen LogP contribution >= 0.6 is 0 Å². The SMILES string of the molecule is CCOc1nc(N)nc(NC2CCN3CCCCC23)n1. The first kappa shape index (κ1) is 13.4. The molecule has 20 heavy (non-hydrogen) atoms. The molecule has 2 saturated heterocycles. The van der Waals surface area contributed by atoms with E-state index in [1.54, 1.807) is 0 Å². The Kier molecular flexibility index (Phi) is 3.86. The lowest BCUT2D eigenvalue weighted by Crippen LogP contribution is -2.42. The van der Waals surface area contributed by atoms with Gasteiger partial charge in [0.25, 0.3) is 0 Å². The normalized spacial score (nSPS) is 26.2. The van der Waals surface area contributed by atoms with Gasteiger partial charge in [-0.25, -0.2) is 0 Å². The molecule has 3 rings (SSSR count). The molecule has 0 spiro atoms. The molecular formula is C13H22N6O. The summed E-state index contributed by atoms with van der Waals surface area (Å²) in [5.41, 5.74) is 5.70. The lowest BCUT2D eigenvalue weighted by molar-refractivity contribution is 0.192. The van der Waals surface area contributed by atoms with Crippen LogP contribution in [0.3, 0.4) is 0 Å². The number of nitrogen functional groups attached to an aromatic ring is 1. The number of nitrogens with one attached hydrogen (secondary N) is 1. The van der Waals surface area contributed by atoms with Crippen LogP contribution in [0.4, 0.5) is 11.9 Å². The van der Waals surface area contributed by atoms with Gasteiger partial charge in [0.2, 0.25) is 11.9 Å². The standard InChI is InChI=1S/C13H22N6O/c1-2-20-13-17-11(14)16-12(18-13)15-9-6-8-19-7-4-3-5-10(9)19/h9-10H,2-8H2,1H3,(H3,14,15,16,17,18). The number of ether oxygens (including phenoxy) is 1. The second-order valence-corrected chi connectivity index (χ2v) is 5.37. The molecule has 110 valence electrons. The Morgan fingerprint density at radius 3 is 3.00 bits per heavy atom. The molecule has 1 aromatic rings. The Morgan fingerprint density at radius 2 is 2.15 bits per heavy atom. The average Bonchev–Trinajstić information content (AvgIpc) is 2.82. The van der Waals surface area contributed by atoms with E-state index >= 15 is 0 Å². The van der Waals surface area contributed by atoms with Gasteiger partial charge in [0.15, 0.2) is 0 Å². The van der Waals surface area contributed by atoms with Crippen LogP contribution in [0.25, 0.3) is 0 Å². The van der Waals surface area contributed by atoms with E-state index in [9.17, 15) is 0 Å². The fourth-order valence-corrected chi connectivity index (χ4v) is 3.21. The van der Waals surface area contributed by atoms with Crippen LogP contribution in [-0.2, 0) is 0 Å². The Morgan fingerprint density at radius 1 is 1.25 bits per heavy atom. The highest BCUT2D eigenvalue weighted by atomic mass is 16.5. The van der Waals surface area contributed by atoms with Crippen molar-refractivity contribution in [3.05, 3.63) is 0 Å². The Labute approximate surface area is 118 Å². The zero-order valence-corrected chi connectivity index (χ0v) is 11.9. The Bertz CT molecular complexity index is 468. The summed E-state index contributed by atoms with van der Waals surface area (Å²) in [6, 6.07) is 1.28. The fraction of sp³-hybridized carbons (Fsp3) is 0.769. The van der Waals surface area contributed by atoms with Gasteiger partial charge in [-0.1, -0.05) is 6.42 Å². The molecule has 0 aliphatic carbocycles. The largest absolute Gasteiger partial charge is 0.464 e. The minimum absolute atomic E-state index is 0.199. The third-order valence-electron chi connectivity index (χ3n) is 4.08. The maximum Gasteiger partial charge on any atom is 0.323 e. The molecule has 3 heterocycles. The topological polar surface area (TPSA) is 89.2 Å². The van der Waals surface area contributed by atoms with Gasteiger partial charge < -0.3 is 15.8 Å². The number of hydrogen-bond acceptors (Lipinski definition) is 7. The number of rotatable bonds is 4. The predicted molar refractivity (Wildman–Crippen MR) is 76.6 cm³/mol. The van der Waals surface area contributed by atoms with Crippen molar-refractivity contribution >= 4 is 11.9 Å². The zero-order chi connectivity index (χ0) is 13.9. The van der Waals surface area contributed by atoms with E-state index in [0.717, 1.165) is 13.0 Å². The van der Waals surface area contributed by atoms with Crippen molar-refractivity contribution in [1.82, 2.24) is 19.9 Å². The summed E-state index contributed by atoms with van der Waals surface area (Å²) >= 11 is 0. The van der Waals surface area contributed by atoms with Crippen molar-refractivity contribution in [3.8, 4) is 6.01 Å². The van der Waals surface area contributed by atoms with Gasteiger partial charge in [-0.3, -0.25) is 4.90 Å². The van der Waals surface area contributed by atoms with Crippen LogP contribution in [0.1, 0.15) is 32.6 Å². The first-order valence-corrected chi connectivity index (χ1v) is 7.41. The van der Waals surface area contributed by atoms with Gasteiger partial charge in [-0.2, -0.15) is 15.0 Å². The molecule has 2 fully saturated rings. The first-order valence-electron chi connectivity index (χ1n) is 7.41. The predicted octanol–water partition coefficient (Wildman–Crippen LogP) is 0.891. The van der Waals surface area contributed by atoms with Crippen LogP contribution in [0.5, 0.6) is 6.01 Å². The van der Waals surface area contributed by atoms with Gasteiger partial charge in [-0.15, -0.1) is 0 Å². The Hall–Kier alpha value is -1.63. The van der Waals surface area contributed by atoms with Crippen LogP contribution in [-0.4, -0.2) is 51.6 Å². The summed E-state index contributed by atoms with van der Waals surface area (Å²) in [5.74, 6) is 0.725. The van der Waals surface area contributed by atoms with Crippen molar-refractivity contribution in [2.45, 2.75) is 44.7 Å².